The number of ether oxygens (including phenoxy) is 1. The Morgan fingerprint density at radius 3 is 2.85 bits per heavy atom. The minimum atomic E-state index is -0.297. The maximum atomic E-state index is 14.0. The lowest BCUT2D eigenvalue weighted by Crippen LogP contribution is -2.43. The third-order valence-corrected chi connectivity index (χ3v) is 7.98. The molecule has 9 heteroatoms. The topological polar surface area (TPSA) is 76.5 Å². The Bertz CT molecular complexity index is 1270. The fourth-order valence-electron chi connectivity index (χ4n) is 4.96. The number of amides is 1. The van der Waals surface area contributed by atoms with Crippen molar-refractivity contribution in [2.24, 2.45) is 0 Å². The van der Waals surface area contributed by atoms with Gasteiger partial charge < -0.3 is 10.1 Å². The van der Waals surface area contributed by atoms with E-state index in [9.17, 15) is 14.0 Å². The Kier molecular flexibility index (Phi) is 6.76. The van der Waals surface area contributed by atoms with Gasteiger partial charge in [-0.3, -0.25) is 19.1 Å². The van der Waals surface area contributed by atoms with Crippen LogP contribution >= 0.6 is 11.3 Å². The Balaban J connectivity index is 1.41. The molecule has 7 nitrogen and oxygen atoms in total. The molecule has 0 bridgehead atoms. The van der Waals surface area contributed by atoms with Gasteiger partial charge in [0.1, 0.15) is 16.5 Å². The quantitative estimate of drug-likeness (QED) is 0.601. The molecule has 1 unspecified atom stereocenters. The molecule has 2 aliphatic heterocycles. The summed E-state index contributed by atoms with van der Waals surface area (Å²) in [4.78, 5) is 34.6. The third kappa shape index (κ3) is 4.52. The van der Waals surface area contributed by atoms with Crippen molar-refractivity contribution in [1.82, 2.24) is 19.8 Å². The van der Waals surface area contributed by atoms with E-state index in [2.05, 4.69) is 10.2 Å². The summed E-state index contributed by atoms with van der Waals surface area (Å²) in [7, 11) is 0. The molecule has 2 aliphatic rings. The van der Waals surface area contributed by atoms with Gasteiger partial charge in [-0.2, -0.15) is 0 Å². The summed E-state index contributed by atoms with van der Waals surface area (Å²) in [5, 5.41) is 3.60. The minimum Gasteiger partial charge on any atom is -0.379 e. The third-order valence-electron chi connectivity index (χ3n) is 6.79. The molecular formula is C25H29FN4O3S. The SMILES string of the molecule is Cc1c(C(=O)NCC(c2cccc(F)c2)N2CCOCC2)sc2nc3n(c(=O)c12)CCCCC3. The maximum absolute atomic E-state index is 14.0. The fourth-order valence-corrected chi connectivity index (χ4v) is 6.06. The molecule has 0 saturated carbocycles. The van der Waals surface area contributed by atoms with Crippen LogP contribution in [0.4, 0.5) is 4.39 Å². The Morgan fingerprint density at radius 2 is 2.06 bits per heavy atom. The van der Waals surface area contributed by atoms with Crippen molar-refractivity contribution < 1.29 is 13.9 Å². The molecule has 0 spiro atoms. The first kappa shape index (κ1) is 23.1. The average molecular weight is 485 g/mol. The molecule has 180 valence electrons. The number of aryl methyl sites for hydroxylation is 2. The second kappa shape index (κ2) is 9.93. The molecule has 1 amide bonds. The molecule has 0 radical (unpaired) electrons. The standard InChI is InChI=1S/C25H29FN4O3S/c1-16-21-24(28-20-8-3-2-4-9-30(20)25(21)32)34-22(16)23(31)27-15-19(29-10-12-33-13-11-29)17-6-5-7-18(26)14-17/h5-7,14,19H,2-4,8-13,15H2,1H3,(H,27,31). The van der Waals surface area contributed by atoms with Crippen molar-refractivity contribution in [3.05, 3.63) is 62.3 Å². The lowest BCUT2D eigenvalue weighted by molar-refractivity contribution is 0.0162. The highest BCUT2D eigenvalue weighted by atomic mass is 32.1. The average Bonchev–Trinajstić information content (AvgIpc) is 3.00. The summed E-state index contributed by atoms with van der Waals surface area (Å²) in [6, 6.07) is 6.36. The number of nitrogens with zero attached hydrogens (tertiary/aromatic N) is 3. The van der Waals surface area contributed by atoms with Gasteiger partial charge in [-0.15, -0.1) is 11.3 Å². The Morgan fingerprint density at radius 1 is 1.24 bits per heavy atom. The first-order valence-corrected chi connectivity index (χ1v) is 12.7. The van der Waals surface area contributed by atoms with Crippen molar-refractivity contribution in [1.29, 1.82) is 0 Å². The summed E-state index contributed by atoms with van der Waals surface area (Å²) >= 11 is 1.28. The van der Waals surface area contributed by atoms with Gasteiger partial charge in [0.05, 0.1) is 29.5 Å². The summed E-state index contributed by atoms with van der Waals surface area (Å²) < 4.78 is 21.2. The van der Waals surface area contributed by atoms with E-state index in [-0.39, 0.29) is 23.3 Å². The first-order valence-electron chi connectivity index (χ1n) is 11.9. The first-order chi connectivity index (χ1) is 16.5. The van der Waals surface area contributed by atoms with Gasteiger partial charge in [-0.05, 0) is 43.0 Å². The molecule has 1 N–H and O–H groups in total. The number of fused-ring (bicyclic) bond motifs is 2. The number of nitrogens with one attached hydrogen (secondary N) is 1. The monoisotopic (exact) mass is 484 g/mol. The predicted octanol–water partition coefficient (Wildman–Crippen LogP) is 3.44. The van der Waals surface area contributed by atoms with Crippen LogP contribution in [0.5, 0.6) is 0 Å². The maximum Gasteiger partial charge on any atom is 0.262 e. The summed E-state index contributed by atoms with van der Waals surface area (Å²) in [6.07, 6.45) is 3.88. The molecular weight excluding hydrogens is 455 g/mol. The normalized spacial score (nSPS) is 17.8. The zero-order chi connectivity index (χ0) is 23.7. The molecule has 0 aliphatic carbocycles. The largest absolute Gasteiger partial charge is 0.379 e. The van der Waals surface area contributed by atoms with Crippen LogP contribution in [0.15, 0.2) is 29.1 Å². The number of halogens is 1. The highest BCUT2D eigenvalue weighted by Crippen LogP contribution is 2.29. The van der Waals surface area contributed by atoms with Crippen molar-refractivity contribution in [3.8, 4) is 0 Å². The lowest BCUT2D eigenvalue weighted by Gasteiger charge is -2.35. The molecule has 2 aromatic heterocycles. The highest BCUT2D eigenvalue weighted by Gasteiger charge is 2.26. The van der Waals surface area contributed by atoms with Crippen LogP contribution in [0.25, 0.3) is 10.2 Å². The van der Waals surface area contributed by atoms with Crippen LogP contribution in [0, 0.1) is 12.7 Å². The molecule has 3 aromatic rings. The molecule has 4 heterocycles. The van der Waals surface area contributed by atoms with E-state index in [4.69, 9.17) is 9.72 Å². The Hall–Kier alpha value is -2.62. The van der Waals surface area contributed by atoms with E-state index in [1.807, 2.05) is 13.0 Å². The van der Waals surface area contributed by atoms with Gasteiger partial charge in [-0.1, -0.05) is 18.6 Å². The van der Waals surface area contributed by atoms with Gasteiger partial charge >= 0.3 is 0 Å². The van der Waals surface area contributed by atoms with E-state index in [1.165, 1.54) is 23.5 Å². The molecule has 1 saturated heterocycles. The predicted molar refractivity (Wildman–Crippen MR) is 130 cm³/mol. The lowest BCUT2D eigenvalue weighted by atomic mass is 10.0. The van der Waals surface area contributed by atoms with E-state index >= 15 is 0 Å². The number of thiophene rings is 1. The number of carbonyl (C=O) groups excluding carboxylic acids is 1. The van der Waals surface area contributed by atoms with E-state index < -0.39 is 0 Å². The summed E-state index contributed by atoms with van der Waals surface area (Å²) in [5.74, 6) is 0.296. The zero-order valence-corrected chi connectivity index (χ0v) is 20.1. The number of carbonyl (C=O) groups is 1. The van der Waals surface area contributed by atoms with Gasteiger partial charge in [0, 0.05) is 32.6 Å². The number of aromatic nitrogens is 2. The fraction of sp³-hybridized carbons (Fsp3) is 0.480. The number of hydrogen-bond acceptors (Lipinski definition) is 6. The second-order valence-corrected chi connectivity index (χ2v) is 9.96. The van der Waals surface area contributed by atoms with Crippen molar-refractivity contribution in [2.75, 3.05) is 32.8 Å². The molecule has 5 rings (SSSR count). The smallest absolute Gasteiger partial charge is 0.262 e. The number of hydrogen-bond donors (Lipinski definition) is 1. The van der Waals surface area contributed by atoms with Crippen molar-refractivity contribution in [2.45, 2.75) is 45.2 Å². The van der Waals surface area contributed by atoms with Crippen LogP contribution in [0.2, 0.25) is 0 Å². The molecule has 1 fully saturated rings. The van der Waals surface area contributed by atoms with Crippen LogP contribution in [-0.2, 0) is 17.7 Å². The summed E-state index contributed by atoms with van der Waals surface area (Å²) in [6.45, 7) is 5.48. The van der Waals surface area contributed by atoms with Gasteiger partial charge in [0.2, 0.25) is 0 Å². The van der Waals surface area contributed by atoms with Crippen LogP contribution < -0.4 is 10.9 Å². The number of rotatable bonds is 5. The van der Waals surface area contributed by atoms with E-state index in [0.29, 0.717) is 60.1 Å². The molecule has 34 heavy (non-hydrogen) atoms. The van der Waals surface area contributed by atoms with Crippen LogP contribution in [0.1, 0.15) is 51.9 Å². The van der Waals surface area contributed by atoms with Gasteiger partial charge in [-0.25, -0.2) is 9.37 Å². The number of benzene rings is 1. The van der Waals surface area contributed by atoms with Crippen LogP contribution in [0.3, 0.4) is 0 Å². The zero-order valence-electron chi connectivity index (χ0n) is 19.3. The second-order valence-electron chi connectivity index (χ2n) is 8.96. The van der Waals surface area contributed by atoms with Gasteiger partial charge in [0.25, 0.3) is 11.5 Å². The van der Waals surface area contributed by atoms with E-state index in [1.54, 1.807) is 10.6 Å². The summed E-state index contributed by atoms with van der Waals surface area (Å²) in [5.41, 5.74) is 1.46. The minimum absolute atomic E-state index is 0.0411. The molecule has 1 atom stereocenters. The van der Waals surface area contributed by atoms with E-state index in [0.717, 1.165) is 37.1 Å². The highest BCUT2D eigenvalue weighted by molar-refractivity contribution is 7.20. The molecule has 1 aromatic carbocycles. The van der Waals surface area contributed by atoms with Crippen molar-refractivity contribution >= 4 is 27.5 Å². The van der Waals surface area contributed by atoms with Gasteiger partial charge in [0.15, 0.2) is 0 Å². The van der Waals surface area contributed by atoms with Crippen LogP contribution in [-0.4, -0.2) is 53.2 Å². The number of morpholine rings is 1. The Labute approximate surface area is 201 Å². The van der Waals surface area contributed by atoms with Crippen molar-refractivity contribution in [3.63, 3.8) is 0 Å².